The lowest BCUT2D eigenvalue weighted by Gasteiger charge is -2.41. The molecule has 38 heavy (non-hydrogen) atoms. The van der Waals surface area contributed by atoms with Gasteiger partial charge < -0.3 is 14.6 Å². The van der Waals surface area contributed by atoms with E-state index in [-0.39, 0.29) is 6.42 Å². The lowest BCUT2D eigenvalue weighted by atomic mass is 9.76. The first kappa shape index (κ1) is 29.3. The summed E-state index contributed by atoms with van der Waals surface area (Å²) in [5.41, 5.74) is -6.92. The largest absolute Gasteiger partial charge is 0.480 e. The minimum atomic E-state index is -1.97. The molecule has 2 aliphatic rings. The number of carboxylic acid groups (broad SMARTS) is 1. The first-order valence-corrected chi connectivity index (χ1v) is 12.3. The van der Waals surface area contributed by atoms with E-state index >= 15 is 4.39 Å². The van der Waals surface area contributed by atoms with Crippen LogP contribution in [0, 0.1) is 27.2 Å². The van der Waals surface area contributed by atoms with Crippen molar-refractivity contribution in [1.29, 1.82) is 0 Å². The smallest absolute Gasteiger partial charge is 0.426 e. The molecule has 11 nitrogen and oxygen atoms in total. The molecule has 1 aromatic carbocycles. The van der Waals surface area contributed by atoms with Gasteiger partial charge in [0.1, 0.15) is 15.9 Å². The van der Waals surface area contributed by atoms with Crippen LogP contribution in [0.1, 0.15) is 67.4 Å². The molecule has 1 N–H and O–H groups in total. The van der Waals surface area contributed by atoms with Crippen molar-refractivity contribution in [2.75, 3.05) is 0 Å². The molecule has 1 aromatic rings. The van der Waals surface area contributed by atoms with E-state index in [2.05, 4.69) is 4.99 Å². The highest BCUT2D eigenvalue weighted by Gasteiger charge is 2.80. The fraction of sp³-hybridized carbons (Fsp3) is 0.583. The van der Waals surface area contributed by atoms with Gasteiger partial charge in [0.25, 0.3) is 5.69 Å². The molecule has 0 aromatic heterocycles. The molecular formula is C24H29F2N3O8S. The quantitative estimate of drug-likeness (QED) is 0.370. The number of carbonyl (C=O) groups excluding carboxylic acids is 2. The Morgan fingerprint density at radius 2 is 1.58 bits per heavy atom. The van der Waals surface area contributed by atoms with Crippen molar-refractivity contribution < 1.29 is 42.7 Å². The van der Waals surface area contributed by atoms with Crippen molar-refractivity contribution >= 4 is 40.8 Å². The van der Waals surface area contributed by atoms with Crippen LogP contribution in [0.2, 0.25) is 0 Å². The number of hydrogen-bond acceptors (Lipinski definition) is 9. The summed E-state index contributed by atoms with van der Waals surface area (Å²) in [5.74, 6) is -4.36. The van der Waals surface area contributed by atoms with Crippen molar-refractivity contribution in [3.8, 4) is 0 Å². The minimum absolute atomic E-state index is 0.135. The molecule has 14 heteroatoms. The molecular weight excluding hydrogens is 528 g/mol. The Bertz CT molecular complexity index is 1250. The molecule has 1 saturated carbocycles. The molecule has 1 aliphatic heterocycles. The first-order chi connectivity index (χ1) is 17.1. The number of hydrogen-bond donors (Lipinski definition) is 1. The van der Waals surface area contributed by atoms with Gasteiger partial charge in [0, 0.05) is 17.0 Å². The number of amidine groups is 1. The van der Waals surface area contributed by atoms with Gasteiger partial charge in [0.2, 0.25) is 0 Å². The number of carbonyl (C=O) groups is 3. The highest BCUT2D eigenvalue weighted by Crippen LogP contribution is 2.75. The van der Waals surface area contributed by atoms with Crippen molar-refractivity contribution in [3.05, 3.63) is 39.4 Å². The summed E-state index contributed by atoms with van der Waals surface area (Å²) in [5, 5.41) is 21.1. The number of fused-ring (bicyclic) bond motifs is 1. The van der Waals surface area contributed by atoms with Gasteiger partial charge >= 0.3 is 18.2 Å². The van der Waals surface area contributed by atoms with Crippen LogP contribution < -0.4 is 0 Å². The van der Waals surface area contributed by atoms with E-state index in [9.17, 15) is 34.0 Å². The summed E-state index contributed by atoms with van der Waals surface area (Å²) in [4.78, 5) is 54.3. The Balaban J connectivity index is 2.31. The number of aliphatic carboxylic acids is 1. The maximum atomic E-state index is 15.2. The fourth-order valence-corrected chi connectivity index (χ4v) is 6.00. The van der Waals surface area contributed by atoms with Crippen LogP contribution in [0.5, 0.6) is 0 Å². The molecule has 0 bridgehead atoms. The number of carboxylic acids is 1. The second kappa shape index (κ2) is 8.89. The SMILES string of the molecule is CC(C)(C)OC(=O)N(C(=O)OC(C)(C)C)C1=N[C@](C)(c2cc([N+](=O)[O-])cc(F)c2F)C2(C)C[C@]2(C(=O)O)S1. The Hall–Kier alpha value is -3.29. The molecule has 0 spiro atoms. The van der Waals surface area contributed by atoms with E-state index in [4.69, 9.17) is 9.47 Å². The number of ether oxygens (including phenoxy) is 2. The number of amides is 2. The van der Waals surface area contributed by atoms with Crippen LogP contribution in [0.4, 0.5) is 24.1 Å². The Kier molecular flexibility index (Phi) is 6.84. The summed E-state index contributed by atoms with van der Waals surface area (Å²) in [7, 11) is 0. The summed E-state index contributed by atoms with van der Waals surface area (Å²) in [6.07, 6.45) is -2.62. The average molecular weight is 558 g/mol. The zero-order valence-electron chi connectivity index (χ0n) is 22.2. The van der Waals surface area contributed by atoms with Crippen LogP contribution in [-0.2, 0) is 19.8 Å². The monoisotopic (exact) mass is 557 g/mol. The summed E-state index contributed by atoms with van der Waals surface area (Å²) in [6.45, 7) is 12.0. The van der Waals surface area contributed by atoms with E-state index in [0.717, 1.165) is 6.07 Å². The normalized spacial score (nSPS) is 26.5. The zero-order valence-corrected chi connectivity index (χ0v) is 23.0. The molecule has 1 unspecified atom stereocenters. The van der Waals surface area contributed by atoms with Gasteiger partial charge in [-0.05, 0) is 54.9 Å². The number of thioether (sulfide) groups is 1. The Labute approximate surface area is 221 Å². The lowest BCUT2D eigenvalue weighted by Crippen LogP contribution is -2.51. The predicted molar refractivity (Wildman–Crippen MR) is 133 cm³/mol. The van der Waals surface area contributed by atoms with Gasteiger partial charge in [-0.15, -0.1) is 0 Å². The van der Waals surface area contributed by atoms with E-state index in [1.807, 2.05) is 0 Å². The predicted octanol–water partition coefficient (Wildman–Crippen LogP) is 5.60. The maximum Gasteiger partial charge on any atom is 0.426 e. The van der Waals surface area contributed by atoms with E-state index in [0.29, 0.717) is 22.7 Å². The molecule has 1 heterocycles. The van der Waals surface area contributed by atoms with Gasteiger partial charge in [-0.1, -0.05) is 18.7 Å². The maximum absolute atomic E-state index is 15.2. The molecule has 0 saturated heterocycles. The van der Waals surface area contributed by atoms with Crippen LogP contribution in [0.25, 0.3) is 0 Å². The molecule has 208 valence electrons. The van der Waals surface area contributed by atoms with Crippen molar-refractivity contribution in [1.82, 2.24) is 4.90 Å². The van der Waals surface area contributed by atoms with Crippen LogP contribution in [-0.4, -0.2) is 54.2 Å². The van der Waals surface area contributed by atoms with Crippen LogP contribution in [0.3, 0.4) is 0 Å². The van der Waals surface area contributed by atoms with Crippen molar-refractivity contribution in [2.24, 2.45) is 10.4 Å². The number of nitro benzene ring substituents is 1. The van der Waals surface area contributed by atoms with E-state index in [1.165, 1.54) is 55.4 Å². The molecule has 0 radical (unpaired) electrons. The second-order valence-corrected chi connectivity index (χ2v) is 12.8. The third-order valence-corrected chi connectivity index (χ3v) is 8.04. The highest BCUT2D eigenvalue weighted by molar-refractivity contribution is 8.16. The second-order valence-electron chi connectivity index (χ2n) is 11.6. The number of halogens is 2. The Morgan fingerprint density at radius 3 is 2.00 bits per heavy atom. The van der Waals surface area contributed by atoms with E-state index in [1.54, 1.807) is 0 Å². The van der Waals surface area contributed by atoms with Crippen LogP contribution in [0.15, 0.2) is 17.1 Å². The average Bonchev–Trinajstić information content (AvgIpc) is 3.35. The van der Waals surface area contributed by atoms with E-state index < -0.39 is 78.0 Å². The molecule has 3 rings (SSSR count). The van der Waals surface area contributed by atoms with Gasteiger partial charge in [-0.25, -0.2) is 23.4 Å². The van der Waals surface area contributed by atoms with Crippen molar-refractivity contribution in [3.63, 3.8) is 0 Å². The van der Waals surface area contributed by atoms with Gasteiger partial charge in [0.15, 0.2) is 16.8 Å². The number of aliphatic imine (C=N–C) groups is 1. The number of nitrogens with zero attached hydrogens (tertiary/aromatic N) is 3. The van der Waals surface area contributed by atoms with Gasteiger partial charge in [-0.3, -0.25) is 14.9 Å². The minimum Gasteiger partial charge on any atom is -0.480 e. The topological polar surface area (TPSA) is 149 Å². The van der Waals surface area contributed by atoms with Crippen LogP contribution >= 0.6 is 11.8 Å². The van der Waals surface area contributed by atoms with Gasteiger partial charge in [0.05, 0.1) is 16.5 Å². The Morgan fingerprint density at radius 1 is 1.08 bits per heavy atom. The lowest BCUT2D eigenvalue weighted by molar-refractivity contribution is -0.385. The fourth-order valence-electron chi connectivity index (χ4n) is 4.35. The third kappa shape index (κ3) is 4.81. The third-order valence-electron chi connectivity index (χ3n) is 6.47. The molecule has 1 aliphatic carbocycles. The molecule has 1 fully saturated rings. The number of benzene rings is 1. The number of nitro groups is 1. The first-order valence-electron chi connectivity index (χ1n) is 11.5. The van der Waals surface area contributed by atoms with Gasteiger partial charge in [-0.2, -0.15) is 4.90 Å². The summed E-state index contributed by atoms with van der Waals surface area (Å²) < 4.78 is 38.7. The zero-order chi connectivity index (χ0) is 29.2. The highest BCUT2D eigenvalue weighted by atomic mass is 32.2. The number of rotatable bonds is 3. The molecule has 3 atom stereocenters. The molecule has 2 amide bonds. The summed E-state index contributed by atoms with van der Waals surface area (Å²) in [6, 6.07) is 1.18. The number of imide groups is 1. The van der Waals surface area contributed by atoms with Crippen molar-refractivity contribution in [2.45, 2.75) is 83.3 Å². The number of non-ortho nitro benzene ring substituents is 1. The summed E-state index contributed by atoms with van der Waals surface area (Å²) >= 11 is 0.574. The standard InChI is InChI=1S/C24H29F2N3O8S/c1-20(2,3)36-18(32)28(19(33)37-21(4,5)6)17-27-23(8,22(7)11-24(22,38-17)16(30)31)13-9-12(29(34)35)10-14(25)15(13)26/h9-10H,11H2,1-8H3,(H,30,31)/t22?,23-,24-/m1/s1.